The van der Waals surface area contributed by atoms with Gasteiger partial charge >= 0.3 is 11.9 Å². The number of aliphatic hydroxyl groups excluding tert-OH is 1. The zero-order valence-corrected chi connectivity index (χ0v) is 17.9. The van der Waals surface area contributed by atoms with E-state index >= 15 is 0 Å². The van der Waals surface area contributed by atoms with Gasteiger partial charge in [-0.25, -0.2) is 0 Å². The Morgan fingerprint density at radius 1 is 0.857 bits per heavy atom. The van der Waals surface area contributed by atoms with Crippen molar-refractivity contribution in [1.29, 1.82) is 0 Å². The van der Waals surface area contributed by atoms with Crippen molar-refractivity contribution in [1.82, 2.24) is 0 Å². The molecule has 0 spiro atoms. The highest BCUT2D eigenvalue weighted by Gasteiger charge is 2.39. The summed E-state index contributed by atoms with van der Waals surface area (Å²) < 4.78 is 10.0. The summed E-state index contributed by atoms with van der Waals surface area (Å²) in [5.74, 6) is 0.894. The lowest BCUT2D eigenvalue weighted by Gasteiger charge is -2.15. The molecule has 2 fully saturated rings. The van der Waals surface area contributed by atoms with E-state index in [2.05, 4.69) is 13.8 Å². The number of hydrogen-bond acceptors (Lipinski definition) is 6. The van der Waals surface area contributed by atoms with Gasteiger partial charge in [0.15, 0.2) is 0 Å². The zero-order chi connectivity index (χ0) is 21.1. The lowest BCUT2D eigenvalue weighted by Crippen LogP contribution is -2.21. The third kappa shape index (κ3) is 6.87. The van der Waals surface area contributed by atoms with Crippen molar-refractivity contribution in [3.8, 4) is 0 Å². The Morgan fingerprint density at radius 2 is 1.36 bits per heavy atom. The second-order valence-electron chi connectivity index (χ2n) is 7.94. The van der Waals surface area contributed by atoms with Gasteiger partial charge in [-0.3, -0.25) is 9.59 Å². The summed E-state index contributed by atoms with van der Waals surface area (Å²) in [5, 5.41) is 9.06. The minimum absolute atomic E-state index is 0.0251. The first-order valence-electron chi connectivity index (χ1n) is 10.8. The Bertz CT molecular complexity index is 491. The summed E-state index contributed by atoms with van der Waals surface area (Å²) >= 11 is 0. The van der Waals surface area contributed by atoms with Crippen LogP contribution >= 0.6 is 0 Å². The lowest BCUT2D eigenvalue weighted by atomic mass is 9.94. The van der Waals surface area contributed by atoms with Gasteiger partial charge in [0.05, 0.1) is 25.0 Å². The van der Waals surface area contributed by atoms with Crippen molar-refractivity contribution in [2.45, 2.75) is 66.2 Å². The molecule has 6 heteroatoms. The van der Waals surface area contributed by atoms with E-state index in [4.69, 9.17) is 14.6 Å². The molecule has 0 bridgehead atoms. The molecule has 162 valence electrons. The molecule has 2 rings (SSSR count). The van der Waals surface area contributed by atoms with Crippen LogP contribution in [0.4, 0.5) is 0 Å². The van der Waals surface area contributed by atoms with Crippen molar-refractivity contribution in [3.05, 3.63) is 0 Å². The molecule has 28 heavy (non-hydrogen) atoms. The maximum Gasteiger partial charge on any atom is 0.309 e. The summed E-state index contributed by atoms with van der Waals surface area (Å²) in [6.45, 7) is 8.88. The SMILES string of the molecule is CCOC(=O)C1CC(C=O)CC1CC.CCOC(=O)C1CC(CO)CC1CC. The van der Waals surface area contributed by atoms with Crippen LogP contribution in [0.2, 0.25) is 0 Å². The number of rotatable bonds is 8. The van der Waals surface area contributed by atoms with E-state index < -0.39 is 0 Å². The third-order valence-electron chi connectivity index (χ3n) is 6.20. The summed E-state index contributed by atoms with van der Waals surface area (Å²) in [7, 11) is 0. The smallest absolute Gasteiger partial charge is 0.309 e. The molecule has 2 aliphatic carbocycles. The Kier molecular flexibility index (Phi) is 11.4. The van der Waals surface area contributed by atoms with Crippen molar-refractivity contribution in [2.75, 3.05) is 19.8 Å². The summed E-state index contributed by atoms with van der Waals surface area (Å²) in [6, 6.07) is 0. The molecule has 6 atom stereocenters. The Balaban J connectivity index is 0.000000280. The first-order valence-corrected chi connectivity index (χ1v) is 10.8. The fourth-order valence-corrected chi connectivity index (χ4v) is 4.65. The third-order valence-corrected chi connectivity index (χ3v) is 6.20. The number of esters is 2. The van der Waals surface area contributed by atoms with Gasteiger partial charge < -0.3 is 19.4 Å². The Labute approximate surface area is 169 Å². The highest BCUT2D eigenvalue weighted by atomic mass is 16.5. The molecular weight excluding hydrogens is 360 g/mol. The van der Waals surface area contributed by atoms with Crippen LogP contribution in [0.25, 0.3) is 0 Å². The molecule has 1 N–H and O–H groups in total. The van der Waals surface area contributed by atoms with Crippen LogP contribution in [-0.2, 0) is 23.9 Å². The Morgan fingerprint density at radius 3 is 1.79 bits per heavy atom. The number of aldehydes is 1. The number of hydrogen-bond donors (Lipinski definition) is 1. The molecule has 0 heterocycles. The van der Waals surface area contributed by atoms with E-state index in [1.165, 1.54) is 0 Å². The van der Waals surface area contributed by atoms with Crippen LogP contribution < -0.4 is 0 Å². The molecule has 0 saturated heterocycles. The molecular formula is C22H38O6. The van der Waals surface area contributed by atoms with E-state index in [0.717, 1.165) is 38.4 Å². The average Bonchev–Trinajstić information content (AvgIpc) is 3.32. The van der Waals surface area contributed by atoms with Gasteiger partial charge in [0, 0.05) is 12.5 Å². The van der Waals surface area contributed by atoms with E-state index in [9.17, 15) is 14.4 Å². The van der Waals surface area contributed by atoms with Gasteiger partial charge in [-0.05, 0) is 57.3 Å². The van der Waals surface area contributed by atoms with Crippen molar-refractivity contribution >= 4 is 18.2 Å². The number of carbonyl (C=O) groups is 3. The van der Waals surface area contributed by atoms with Crippen molar-refractivity contribution in [3.63, 3.8) is 0 Å². The van der Waals surface area contributed by atoms with Gasteiger partial charge in [0.1, 0.15) is 6.29 Å². The minimum Gasteiger partial charge on any atom is -0.466 e. The lowest BCUT2D eigenvalue weighted by molar-refractivity contribution is -0.150. The predicted octanol–water partition coefficient (Wildman–Crippen LogP) is 3.40. The highest BCUT2D eigenvalue weighted by Crippen LogP contribution is 2.39. The number of carbonyl (C=O) groups excluding carboxylic acids is 3. The Hall–Kier alpha value is -1.43. The normalized spacial score (nSPS) is 31.6. The number of aliphatic hydroxyl groups is 1. The largest absolute Gasteiger partial charge is 0.466 e. The molecule has 2 saturated carbocycles. The van der Waals surface area contributed by atoms with Crippen LogP contribution in [0.15, 0.2) is 0 Å². The zero-order valence-electron chi connectivity index (χ0n) is 17.9. The summed E-state index contributed by atoms with van der Waals surface area (Å²) in [6.07, 6.45) is 6.23. The van der Waals surface area contributed by atoms with Crippen LogP contribution in [0, 0.1) is 35.5 Å². The quantitative estimate of drug-likeness (QED) is 0.498. The van der Waals surface area contributed by atoms with Crippen molar-refractivity contribution in [2.24, 2.45) is 35.5 Å². The molecule has 2 aliphatic rings. The van der Waals surface area contributed by atoms with Gasteiger partial charge in [-0.15, -0.1) is 0 Å². The molecule has 0 aromatic rings. The topological polar surface area (TPSA) is 89.9 Å². The summed E-state index contributed by atoms with van der Waals surface area (Å²) in [4.78, 5) is 33.8. The number of ether oxygens (including phenoxy) is 2. The van der Waals surface area contributed by atoms with Crippen LogP contribution in [-0.4, -0.2) is 43.2 Å². The van der Waals surface area contributed by atoms with Crippen LogP contribution in [0.3, 0.4) is 0 Å². The average molecular weight is 399 g/mol. The first kappa shape index (κ1) is 24.6. The maximum atomic E-state index is 11.6. The second-order valence-corrected chi connectivity index (χ2v) is 7.94. The van der Waals surface area contributed by atoms with Crippen molar-refractivity contribution < 1.29 is 29.0 Å². The molecule has 0 aromatic heterocycles. The van der Waals surface area contributed by atoms with E-state index in [1.54, 1.807) is 0 Å². The van der Waals surface area contributed by atoms with E-state index in [-0.39, 0.29) is 36.3 Å². The van der Waals surface area contributed by atoms with Gasteiger partial charge in [0.2, 0.25) is 0 Å². The maximum absolute atomic E-state index is 11.6. The second kappa shape index (κ2) is 12.9. The minimum atomic E-state index is -0.122. The summed E-state index contributed by atoms with van der Waals surface area (Å²) in [5.41, 5.74) is 0. The monoisotopic (exact) mass is 398 g/mol. The molecule has 6 unspecified atom stereocenters. The highest BCUT2D eigenvalue weighted by molar-refractivity contribution is 5.74. The molecule has 0 radical (unpaired) electrons. The molecule has 0 amide bonds. The van der Waals surface area contributed by atoms with E-state index in [1.807, 2.05) is 13.8 Å². The fourth-order valence-electron chi connectivity index (χ4n) is 4.65. The molecule has 0 aromatic carbocycles. The first-order chi connectivity index (χ1) is 13.4. The predicted molar refractivity (Wildman–Crippen MR) is 106 cm³/mol. The fraction of sp³-hybridized carbons (Fsp3) is 0.864. The van der Waals surface area contributed by atoms with Crippen LogP contribution in [0.5, 0.6) is 0 Å². The standard InChI is InChI=1S/C11H20O3.C11H18O3/c2*1-3-9-5-8(7-12)6-10(9)11(13)14-4-2/h8-10,12H,3-7H2,1-2H3;7-10H,3-6H2,1-2H3. The van der Waals surface area contributed by atoms with E-state index in [0.29, 0.717) is 37.4 Å². The van der Waals surface area contributed by atoms with Gasteiger partial charge in [-0.2, -0.15) is 0 Å². The van der Waals surface area contributed by atoms with Gasteiger partial charge in [0.25, 0.3) is 0 Å². The molecule has 6 nitrogen and oxygen atoms in total. The van der Waals surface area contributed by atoms with Crippen LogP contribution in [0.1, 0.15) is 66.2 Å². The molecule has 0 aliphatic heterocycles. The van der Waals surface area contributed by atoms with Gasteiger partial charge in [-0.1, -0.05) is 26.7 Å².